The van der Waals surface area contributed by atoms with E-state index in [1.807, 2.05) is 0 Å². The summed E-state index contributed by atoms with van der Waals surface area (Å²) in [5.74, 6) is -2.64. The van der Waals surface area contributed by atoms with Crippen LogP contribution in [0.15, 0.2) is 18.2 Å². The first-order valence-electron chi connectivity index (χ1n) is 7.28. The highest BCUT2D eigenvalue weighted by molar-refractivity contribution is 5.91. The first kappa shape index (κ1) is 19.9. The van der Waals surface area contributed by atoms with E-state index in [4.69, 9.17) is 9.47 Å². The van der Waals surface area contributed by atoms with Crippen molar-refractivity contribution in [3.05, 3.63) is 33.9 Å². The average Bonchev–Trinajstić information content (AvgIpc) is 2.58. The lowest BCUT2D eigenvalue weighted by molar-refractivity contribution is -0.385. The Hall–Kier alpha value is -3.17. The van der Waals surface area contributed by atoms with Gasteiger partial charge in [0.15, 0.2) is 19.0 Å². The highest BCUT2D eigenvalue weighted by atomic mass is 16.6. The van der Waals surface area contributed by atoms with Crippen LogP contribution in [0, 0.1) is 10.1 Å². The second kappa shape index (κ2) is 9.85. The number of rotatable bonds is 9. The highest BCUT2D eigenvalue weighted by Gasteiger charge is 2.20. The third kappa shape index (κ3) is 6.45. The van der Waals surface area contributed by atoms with Crippen LogP contribution in [-0.2, 0) is 23.8 Å². The van der Waals surface area contributed by atoms with Crippen molar-refractivity contribution >= 4 is 23.6 Å². The molecule has 10 nitrogen and oxygen atoms in total. The minimum absolute atomic E-state index is 0.0891. The van der Waals surface area contributed by atoms with Crippen LogP contribution in [0.4, 0.5) is 5.69 Å². The number of hydrogen-bond donors (Lipinski definition) is 0. The normalized spacial score (nSPS) is 9.84. The van der Waals surface area contributed by atoms with Crippen molar-refractivity contribution in [1.82, 2.24) is 0 Å². The van der Waals surface area contributed by atoms with E-state index in [9.17, 15) is 24.5 Å². The zero-order valence-corrected chi connectivity index (χ0v) is 13.7. The summed E-state index contributed by atoms with van der Waals surface area (Å²) in [6.45, 7) is 2.31. The summed E-state index contributed by atoms with van der Waals surface area (Å²) >= 11 is 0. The summed E-state index contributed by atoms with van der Waals surface area (Å²) in [7, 11) is 0. The predicted molar refractivity (Wildman–Crippen MR) is 82.1 cm³/mol. The second-order valence-corrected chi connectivity index (χ2v) is 4.41. The van der Waals surface area contributed by atoms with Crippen LogP contribution in [0.5, 0.6) is 5.75 Å². The lowest BCUT2D eigenvalue weighted by Crippen LogP contribution is -2.17. The molecule has 25 heavy (non-hydrogen) atoms. The van der Waals surface area contributed by atoms with Gasteiger partial charge in [-0.15, -0.1) is 0 Å². The van der Waals surface area contributed by atoms with Gasteiger partial charge in [-0.05, 0) is 19.9 Å². The topological polar surface area (TPSA) is 131 Å². The molecular weight excluding hydrogens is 338 g/mol. The van der Waals surface area contributed by atoms with E-state index in [1.54, 1.807) is 13.8 Å². The van der Waals surface area contributed by atoms with Gasteiger partial charge >= 0.3 is 23.6 Å². The van der Waals surface area contributed by atoms with E-state index in [1.165, 1.54) is 0 Å². The summed E-state index contributed by atoms with van der Waals surface area (Å²) in [6.07, 6.45) is 0. The van der Waals surface area contributed by atoms with Crippen LogP contribution in [-0.4, -0.2) is 49.3 Å². The van der Waals surface area contributed by atoms with Crippen molar-refractivity contribution in [3.8, 4) is 5.75 Å². The van der Waals surface area contributed by atoms with Gasteiger partial charge in [0.2, 0.25) is 0 Å². The van der Waals surface area contributed by atoms with E-state index in [0.717, 1.165) is 18.2 Å². The van der Waals surface area contributed by atoms with Gasteiger partial charge in [-0.1, -0.05) is 0 Å². The number of nitrogens with zero attached hydrogens (tertiary/aromatic N) is 1. The molecular formula is C15H17NO9. The Morgan fingerprint density at radius 3 is 2.16 bits per heavy atom. The molecule has 0 aliphatic heterocycles. The van der Waals surface area contributed by atoms with Crippen LogP contribution in [0.2, 0.25) is 0 Å². The van der Waals surface area contributed by atoms with E-state index in [2.05, 4.69) is 9.47 Å². The summed E-state index contributed by atoms with van der Waals surface area (Å²) in [4.78, 5) is 44.6. The zero-order valence-electron chi connectivity index (χ0n) is 13.7. The molecule has 0 saturated carbocycles. The molecule has 0 aliphatic rings. The number of esters is 3. The fraction of sp³-hybridized carbons (Fsp3) is 0.400. The molecule has 0 saturated heterocycles. The fourth-order valence-electron chi connectivity index (χ4n) is 1.66. The van der Waals surface area contributed by atoms with Gasteiger partial charge in [0.25, 0.3) is 0 Å². The number of nitro groups is 1. The third-order valence-electron chi connectivity index (χ3n) is 2.67. The molecule has 0 aliphatic carbocycles. The van der Waals surface area contributed by atoms with Crippen molar-refractivity contribution in [2.75, 3.05) is 26.4 Å². The van der Waals surface area contributed by atoms with E-state index < -0.39 is 41.7 Å². The summed E-state index contributed by atoms with van der Waals surface area (Å²) in [5, 5.41) is 11.0. The summed E-state index contributed by atoms with van der Waals surface area (Å²) < 4.78 is 19.0. The van der Waals surface area contributed by atoms with Gasteiger partial charge in [-0.25, -0.2) is 14.4 Å². The predicted octanol–water partition coefficient (Wildman–Crippen LogP) is 1.26. The molecule has 1 rings (SSSR count). The van der Waals surface area contributed by atoms with Crippen LogP contribution in [0.3, 0.4) is 0 Å². The number of carbonyl (C=O) groups excluding carboxylic acids is 3. The Labute approximate surface area is 142 Å². The quantitative estimate of drug-likeness (QED) is 0.278. The maximum Gasteiger partial charge on any atom is 0.344 e. The maximum atomic E-state index is 11.9. The molecule has 0 atom stereocenters. The van der Waals surface area contributed by atoms with Crippen molar-refractivity contribution < 1.29 is 38.3 Å². The Morgan fingerprint density at radius 1 is 1.00 bits per heavy atom. The van der Waals surface area contributed by atoms with Crippen molar-refractivity contribution in [2.24, 2.45) is 0 Å². The molecule has 0 aromatic heterocycles. The smallest absolute Gasteiger partial charge is 0.344 e. The number of nitro benzene ring substituents is 1. The highest BCUT2D eigenvalue weighted by Crippen LogP contribution is 2.28. The molecule has 0 spiro atoms. The number of carbonyl (C=O) groups is 3. The standard InChI is InChI=1S/C15H17NO9/c1-3-22-13(17)8-24-12-7-10(5-6-11(12)16(20)21)15(19)25-9-14(18)23-4-2/h5-7H,3-4,8-9H2,1-2H3. The molecule has 1 aromatic carbocycles. The molecule has 0 unspecified atom stereocenters. The molecule has 0 fully saturated rings. The lowest BCUT2D eigenvalue weighted by Gasteiger charge is -2.08. The van der Waals surface area contributed by atoms with Crippen LogP contribution in [0.1, 0.15) is 24.2 Å². The Morgan fingerprint density at radius 2 is 1.60 bits per heavy atom. The minimum Gasteiger partial charge on any atom is -0.475 e. The van der Waals surface area contributed by atoms with E-state index in [-0.39, 0.29) is 24.5 Å². The monoisotopic (exact) mass is 355 g/mol. The van der Waals surface area contributed by atoms with E-state index >= 15 is 0 Å². The molecule has 0 bridgehead atoms. The Balaban J connectivity index is 2.86. The van der Waals surface area contributed by atoms with Crippen molar-refractivity contribution in [2.45, 2.75) is 13.8 Å². The third-order valence-corrected chi connectivity index (χ3v) is 2.67. The Kier molecular flexibility index (Phi) is 7.83. The van der Waals surface area contributed by atoms with E-state index in [0.29, 0.717) is 0 Å². The van der Waals surface area contributed by atoms with Gasteiger partial charge < -0.3 is 18.9 Å². The first-order chi connectivity index (χ1) is 11.9. The number of benzene rings is 1. The second-order valence-electron chi connectivity index (χ2n) is 4.41. The summed E-state index contributed by atoms with van der Waals surface area (Å²) in [5.41, 5.74) is -0.528. The SMILES string of the molecule is CCOC(=O)COC(=O)c1ccc([N+](=O)[O-])c(OCC(=O)OCC)c1. The van der Waals surface area contributed by atoms with Gasteiger partial charge in [0.05, 0.1) is 23.7 Å². The van der Waals surface area contributed by atoms with Crippen LogP contribution >= 0.6 is 0 Å². The largest absolute Gasteiger partial charge is 0.475 e. The van der Waals surface area contributed by atoms with Gasteiger partial charge in [-0.2, -0.15) is 0 Å². The lowest BCUT2D eigenvalue weighted by atomic mass is 10.2. The zero-order chi connectivity index (χ0) is 18.8. The first-order valence-corrected chi connectivity index (χ1v) is 7.28. The van der Waals surface area contributed by atoms with Crippen molar-refractivity contribution in [3.63, 3.8) is 0 Å². The minimum atomic E-state index is -0.899. The molecule has 1 aromatic rings. The maximum absolute atomic E-state index is 11.9. The van der Waals surface area contributed by atoms with Gasteiger partial charge in [0, 0.05) is 12.1 Å². The number of hydrogen-bond acceptors (Lipinski definition) is 9. The number of ether oxygens (including phenoxy) is 4. The van der Waals surface area contributed by atoms with Gasteiger partial charge in [-0.3, -0.25) is 10.1 Å². The van der Waals surface area contributed by atoms with Crippen LogP contribution < -0.4 is 4.74 Å². The Bertz CT molecular complexity index is 656. The molecule has 0 amide bonds. The molecule has 136 valence electrons. The molecule has 0 radical (unpaired) electrons. The molecule has 10 heteroatoms. The fourth-order valence-corrected chi connectivity index (χ4v) is 1.66. The summed E-state index contributed by atoms with van der Waals surface area (Å²) in [6, 6.07) is 3.22. The molecule has 0 heterocycles. The average molecular weight is 355 g/mol. The van der Waals surface area contributed by atoms with Crippen LogP contribution in [0.25, 0.3) is 0 Å². The molecule has 0 N–H and O–H groups in total. The van der Waals surface area contributed by atoms with Crippen molar-refractivity contribution in [1.29, 1.82) is 0 Å². The van der Waals surface area contributed by atoms with Gasteiger partial charge in [0.1, 0.15) is 0 Å².